The van der Waals surface area contributed by atoms with E-state index in [4.69, 9.17) is 4.74 Å². The van der Waals surface area contributed by atoms with Crippen LogP contribution in [0.2, 0.25) is 0 Å². The van der Waals surface area contributed by atoms with Crippen LogP contribution in [-0.4, -0.2) is 55.1 Å². The largest absolute Gasteiger partial charge is 0.379 e. The van der Waals surface area contributed by atoms with Crippen molar-refractivity contribution in [2.24, 2.45) is 5.92 Å². The van der Waals surface area contributed by atoms with Crippen LogP contribution in [0.15, 0.2) is 66.7 Å². The molecular weight excluding hydrogens is 422 g/mol. The van der Waals surface area contributed by atoms with Gasteiger partial charge in [-0.05, 0) is 46.8 Å². The van der Waals surface area contributed by atoms with Gasteiger partial charge < -0.3 is 10.1 Å². The van der Waals surface area contributed by atoms with Gasteiger partial charge in [-0.2, -0.15) is 0 Å². The summed E-state index contributed by atoms with van der Waals surface area (Å²) >= 11 is 0. The summed E-state index contributed by atoms with van der Waals surface area (Å²) in [5.41, 5.74) is 3.81. The molecule has 1 N–H and O–H groups in total. The average molecular weight is 458 g/mol. The van der Waals surface area contributed by atoms with E-state index in [-0.39, 0.29) is 11.8 Å². The van der Waals surface area contributed by atoms with Gasteiger partial charge in [0.05, 0.1) is 19.1 Å². The van der Waals surface area contributed by atoms with Crippen LogP contribution in [0.1, 0.15) is 29.5 Å². The topological polar surface area (TPSA) is 44.8 Å². The Balaban J connectivity index is 1.15. The van der Waals surface area contributed by atoms with Gasteiger partial charge in [0.2, 0.25) is 5.91 Å². The van der Waals surface area contributed by atoms with E-state index in [1.54, 1.807) is 0 Å². The molecule has 34 heavy (non-hydrogen) atoms. The van der Waals surface area contributed by atoms with Crippen molar-refractivity contribution in [2.75, 3.05) is 39.4 Å². The van der Waals surface area contributed by atoms with Gasteiger partial charge in [0.25, 0.3) is 0 Å². The molecule has 178 valence electrons. The average Bonchev–Trinajstić information content (AvgIpc) is 2.88. The number of nitrogens with zero attached hydrogens (tertiary/aromatic N) is 2. The van der Waals surface area contributed by atoms with Crippen LogP contribution >= 0.6 is 0 Å². The molecule has 3 aromatic carbocycles. The van der Waals surface area contributed by atoms with Crippen molar-refractivity contribution in [2.45, 2.75) is 32.5 Å². The molecule has 0 bridgehead atoms. The van der Waals surface area contributed by atoms with E-state index >= 15 is 0 Å². The van der Waals surface area contributed by atoms with Crippen molar-refractivity contribution < 1.29 is 9.53 Å². The van der Waals surface area contributed by atoms with E-state index in [1.165, 1.54) is 27.5 Å². The fourth-order valence-electron chi connectivity index (χ4n) is 5.27. The Bertz CT molecular complexity index is 1100. The Morgan fingerprint density at radius 1 is 0.882 bits per heavy atom. The second-order valence-electron chi connectivity index (χ2n) is 9.64. The summed E-state index contributed by atoms with van der Waals surface area (Å²) in [5, 5.41) is 5.81. The third kappa shape index (κ3) is 5.84. The van der Waals surface area contributed by atoms with Crippen molar-refractivity contribution in [3.8, 4) is 0 Å². The molecule has 1 atom stereocenters. The Labute approximate surface area is 202 Å². The summed E-state index contributed by atoms with van der Waals surface area (Å²) in [5.74, 6) is 0.237. The van der Waals surface area contributed by atoms with Crippen molar-refractivity contribution in [3.63, 3.8) is 0 Å². The van der Waals surface area contributed by atoms with Gasteiger partial charge in [-0.15, -0.1) is 0 Å². The zero-order chi connectivity index (χ0) is 23.2. The second-order valence-corrected chi connectivity index (χ2v) is 9.64. The number of fused-ring (bicyclic) bond motifs is 1. The third-order valence-electron chi connectivity index (χ3n) is 7.12. The number of likely N-dealkylation sites (tertiary alicyclic amines) is 1. The Morgan fingerprint density at radius 2 is 1.68 bits per heavy atom. The maximum Gasteiger partial charge on any atom is 0.224 e. The van der Waals surface area contributed by atoms with Crippen molar-refractivity contribution in [3.05, 3.63) is 83.4 Å². The number of rotatable bonds is 7. The van der Waals surface area contributed by atoms with Gasteiger partial charge in [0, 0.05) is 39.3 Å². The fraction of sp³-hybridized carbons (Fsp3) is 0.414. The number of hydrogen-bond acceptors (Lipinski definition) is 4. The van der Waals surface area contributed by atoms with E-state index < -0.39 is 0 Å². The molecular formula is C29H35N3O2. The lowest BCUT2D eigenvalue weighted by Crippen LogP contribution is -2.42. The highest BCUT2D eigenvalue weighted by atomic mass is 16.5. The first-order valence-corrected chi connectivity index (χ1v) is 12.6. The lowest BCUT2D eigenvalue weighted by atomic mass is 9.96. The number of ether oxygens (including phenoxy) is 1. The zero-order valence-corrected chi connectivity index (χ0v) is 19.9. The Hall–Kier alpha value is -2.73. The van der Waals surface area contributed by atoms with E-state index in [0.717, 1.165) is 65.3 Å². The highest BCUT2D eigenvalue weighted by Gasteiger charge is 2.26. The van der Waals surface area contributed by atoms with E-state index in [1.807, 2.05) is 0 Å². The van der Waals surface area contributed by atoms with Crippen molar-refractivity contribution in [1.29, 1.82) is 0 Å². The number of morpholine rings is 1. The SMILES string of the molecule is O=C(NCc1cccc(CN2CCOCC2)c1)C1CCCN(Cc2cccc3ccccc23)C1. The minimum atomic E-state index is 0.0558. The number of carbonyl (C=O) groups is 1. The first-order chi connectivity index (χ1) is 16.7. The third-order valence-corrected chi connectivity index (χ3v) is 7.12. The smallest absolute Gasteiger partial charge is 0.224 e. The molecule has 0 radical (unpaired) electrons. The number of amides is 1. The molecule has 2 saturated heterocycles. The lowest BCUT2D eigenvalue weighted by Gasteiger charge is -2.32. The highest BCUT2D eigenvalue weighted by Crippen LogP contribution is 2.23. The molecule has 0 aromatic heterocycles. The van der Waals surface area contributed by atoms with Gasteiger partial charge in [-0.3, -0.25) is 14.6 Å². The predicted octanol–water partition coefficient (Wildman–Crippen LogP) is 4.20. The molecule has 5 rings (SSSR count). The van der Waals surface area contributed by atoms with E-state index in [0.29, 0.717) is 6.54 Å². The van der Waals surface area contributed by atoms with Gasteiger partial charge >= 0.3 is 0 Å². The number of piperidine rings is 1. The maximum absolute atomic E-state index is 13.0. The van der Waals surface area contributed by atoms with Gasteiger partial charge in [-0.1, -0.05) is 66.7 Å². The van der Waals surface area contributed by atoms with Gasteiger partial charge in [0.1, 0.15) is 0 Å². The number of carbonyl (C=O) groups excluding carboxylic acids is 1. The van der Waals surface area contributed by atoms with Crippen LogP contribution in [0.3, 0.4) is 0 Å². The molecule has 2 fully saturated rings. The van der Waals surface area contributed by atoms with Crippen molar-refractivity contribution >= 4 is 16.7 Å². The van der Waals surface area contributed by atoms with Crippen molar-refractivity contribution in [1.82, 2.24) is 15.1 Å². The van der Waals surface area contributed by atoms with Crippen LogP contribution < -0.4 is 5.32 Å². The summed E-state index contributed by atoms with van der Waals surface area (Å²) < 4.78 is 5.45. The minimum absolute atomic E-state index is 0.0558. The monoisotopic (exact) mass is 457 g/mol. The minimum Gasteiger partial charge on any atom is -0.379 e. The molecule has 0 saturated carbocycles. The normalized spacial score (nSPS) is 19.8. The molecule has 5 heteroatoms. The van der Waals surface area contributed by atoms with E-state index in [2.05, 4.69) is 81.8 Å². The molecule has 0 spiro atoms. The molecule has 5 nitrogen and oxygen atoms in total. The lowest BCUT2D eigenvalue weighted by molar-refractivity contribution is -0.126. The van der Waals surface area contributed by atoms with Gasteiger partial charge in [0.15, 0.2) is 0 Å². The molecule has 1 amide bonds. The molecule has 2 heterocycles. The van der Waals surface area contributed by atoms with Crippen LogP contribution in [0.4, 0.5) is 0 Å². The first-order valence-electron chi connectivity index (χ1n) is 12.6. The summed E-state index contributed by atoms with van der Waals surface area (Å²) in [6.45, 7) is 7.91. The quantitative estimate of drug-likeness (QED) is 0.578. The standard InChI is InChI=1S/C29H35N3O2/c33-29(30-19-23-6-3-7-24(18-23)20-31-14-16-34-17-15-31)27-11-5-13-32(22-27)21-26-10-4-9-25-8-1-2-12-28(25)26/h1-4,6-10,12,18,27H,5,11,13-17,19-22H2,(H,30,33). The van der Waals surface area contributed by atoms with Crippen LogP contribution in [0.25, 0.3) is 10.8 Å². The Morgan fingerprint density at radius 3 is 2.59 bits per heavy atom. The second kappa shape index (κ2) is 11.1. The zero-order valence-electron chi connectivity index (χ0n) is 19.9. The highest BCUT2D eigenvalue weighted by molar-refractivity contribution is 5.85. The molecule has 0 aliphatic carbocycles. The van der Waals surface area contributed by atoms with E-state index in [9.17, 15) is 4.79 Å². The number of hydrogen-bond donors (Lipinski definition) is 1. The molecule has 2 aliphatic heterocycles. The summed E-state index contributed by atoms with van der Waals surface area (Å²) in [4.78, 5) is 17.9. The van der Waals surface area contributed by atoms with Crippen LogP contribution in [-0.2, 0) is 29.2 Å². The Kier molecular flexibility index (Phi) is 7.54. The summed E-state index contributed by atoms with van der Waals surface area (Å²) in [6.07, 6.45) is 2.03. The number of nitrogens with one attached hydrogen (secondary N) is 1. The predicted molar refractivity (Wildman–Crippen MR) is 136 cm³/mol. The van der Waals surface area contributed by atoms with Gasteiger partial charge in [-0.25, -0.2) is 0 Å². The van der Waals surface area contributed by atoms with Crippen LogP contribution in [0, 0.1) is 5.92 Å². The fourth-order valence-corrected chi connectivity index (χ4v) is 5.27. The number of benzene rings is 3. The molecule has 2 aliphatic rings. The molecule has 3 aromatic rings. The van der Waals surface area contributed by atoms with Crippen LogP contribution in [0.5, 0.6) is 0 Å². The first kappa shape index (κ1) is 23.0. The summed E-state index contributed by atoms with van der Waals surface area (Å²) in [6, 6.07) is 23.7. The maximum atomic E-state index is 13.0. The summed E-state index contributed by atoms with van der Waals surface area (Å²) in [7, 11) is 0. The molecule has 1 unspecified atom stereocenters.